The largest absolute Gasteiger partial charge is 0.368 e. The Kier molecular flexibility index (Phi) is 2.06. The molecule has 2 aliphatic rings. The summed E-state index contributed by atoms with van der Waals surface area (Å²) in [6.45, 7) is 1.02. The maximum Gasteiger partial charge on any atom is 0.237 e. The zero-order chi connectivity index (χ0) is 9.47. The second-order valence-corrected chi connectivity index (χ2v) is 4.57. The van der Waals surface area contributed by atoms with Gasteiger partial charge in [0.1, 0.15) is 5.54 Å². The van der Waals surface area contributed by atoms with E-state index in [1.165, 1.54) is 12.8 Å². The van der Waals surface area contributed by atoms with Crippen LogP contribution in [0.25, 0.3) is 0 Å². The Balaban J connectivity index is 2.12. The Hall–Kier alpha value is -0.570. The maximum absolute atomic E-state index is 11.5. The van der Waals surface area contributed by atoms with Crippen LogP contribution in [0.15, 0.2) is 0 Å². The number of hydrogen-bond donors (Lipinski definition) is 1. The summed E-state index contributed by atoms with van der Waals surface area (Å²) in [5.74, 6) is 0.660. The van der Waals surface area contributed by atoms with Crippen molar-refractivity contribution < 1.29 is 4.79 Å². The van der Waals surface area contributed by atoms with Gasteiger partial charge in [-0.25, -0.2) is 0 Å². The van der Waals surface area contributed by atoms with E-state index >= 15 is 0 Å². The van der Waals surface area contributed by atoms with E-state index in [-0.39, 0.29) is 11.4 Å². The van der Waals surface area contributed by atoms with E-state index in [4.69, 9.17) is 5.73 Å². The Morgan fingerprint density at radius 2 is 2.31 bits per heavy atom. The van der Waals surface area contributed by atoms with Crippen LogP contribution < -0.4 is 5.73 Å². The number of nitrogens with zero attached hydrogens (tertiary/aromatic N) is 1. The Morgan fingerprint density at radius 1 is 1.62 bits per heavy atom. The summed E-state index contributed by atoms with van der Waals surface area (Å²) >= 11 is 0. The highest BCUT2D eigenvalue weighted by atomic mass is 16.1. The van der Waals surface area contributed by atoms with Gasteiger partial charge in [-0.3, -0.25) is 9.69 Å². The molecule has 74 valence electrons. The first kappa shape index (κ1) is 9.00. The van der Waals surface area contributed by atoms with Crippen LogP contribution in [0.5, 0.6) is 0 Å². The predicted molar refractivity (Wildman–Crippen MR) is 51.1 cm³/mol. The highest BCUT2D eigenvalue weighted by Gasteiger charge is 2.47. The average Bonchev–Trinajstić information content (AvgIpc) is 2.78. The van der Waals surface area contributed by atoms with Gasteiger partial charge in [-0.1, -0.05) is 12.8 Å². The zero-order valence-electron chi connectivity index (χ0n) is 8.25. The molecule has 0 aromatic carbocycles. The van der Waals surface area contributed by atoms with Crippen LogP contribution in [-0.2, 0) is 4.79 Å². The normalized spacial score (nSPS) is 35.2. The highest BCUT2D eigenvalue weighted by molar-refractivity contribution is 5.85. The quantitative estimate of drug-likeness (QED) is 0.699. The number of hydrogen-bond acceptors (Lipinski definition) is 2. The van der Waals surface area contributed by atoms with E-state index in [9.17, 15) is 4.79 Å². The van der Waals surface area contributed by atoms with Crippen LogP contribution in [-0.4, -0.2) is 29.9 Å². The van der Waals surface area contributed by atoms with E-state index in [0.29, 0.717) is 0 Å². The van der Waals surface area contributed by atoms with Crippen molar-refractivity contribution in [3.63, 3.8) is 0 Å². The van der Waals surface area contributed by atoms with E-state index in [1.807, 2.05) is 7.05 Å². The van der Waals surface area contributed by atoms with E-state index in [0.717, 1.165) is 31.7 Å². The molecule has 1 saturated heterocycles. The van der Waals surface area contributed by atoms with Gasteiger partial charge in [0.2, 0.25) is 5.91 Å². The topological polar surface area (TPSA) is 46.3 Å². The number of likely N-dealkylation sites (tertiary alicyclic amines) is 1. The number of likely N-dealkylation sites (N-methyl/N-ethyl adjacent to an activating group) is 1. The minimum absolute atomic E-state index is 0.112. The van der Waals surface area contributed by atoms with Gasteiger partial charge in [0.15, 0.2) is 0 Å². The second-order valence-electron chi connectivity index (χ2n) is 4.57. The number of rotatable bonds is 3. The number of nitrogens with two attached hydrogens (primary N) is 1. The molecule has 1 saturated carbocycles. The third kappa shape index (κ3) is 1.46. The van der Waals surface area contributed by atoms with Crippen molar-refractivity contribution in [2.75, 3.05) is 13.6 Å². The first-order valence-electron chi connectivity index (χ1n) is 5.16. The van der Waals surface area contributed by atoms with Crippen LogP contribution in [0.1, 0.15) is 32.1 Å². The zero-order valence-corrected chi connectivity index (χ0v) is 8.25. The van der Waals surface area contributed by atoms with Gasteiger partial charge in [0, 0.05) is 0 Å². The molecule has 1 aliphatic carbocycles. The third-order valence-electron chi connectivity index (χ3n) is 3.60. The number of primary amides is 1. The van der Waals surface area contributed by atoms with E-state index < -0.39 is 0 Å². The van der Waals surface area contributed by atoms with Gasteiger partial charge in [0.25, 0.3) is 0 Å². The average molecular weight is 182 g/mol. The molecule has 1 heterocycles. The summed E-state index contributed by atoms with van der Waals surface area (Å²) in [5, 5.41) is 0. The van der Waals surface area contributed by atoms with Gasteiger partial charge in [-0.05, 0) is 38.8 Å². The van der Waals surface area contributed by atoms with Crippen molar-refractivity contribution in [1.82, 2.24) is 4.90 Å². The van der Waals surface area contributed by atoms with Crippen molar-refractivity contribution in [1.29, 1.82) is 0 Å². The van der Waals surface area contributed by atoms with E-state index in [1.54, 1.807) is 0 Å². The van der Waals surface area contributed by atoms with Crippen LogP contribution in [0.2, 0.25) is 0 Å². The molecule has 3 nitrogen and oxygen atoms in total. The minimum atomic E-state index is -0.291. The van der Waals surface area contributed by atoms with Crippen molar-refractivity contribution in [3.8, 4) is 0 Å². The van der Waals surface area contributed by atoms with Gasteiger partial charge < -0.3 is 5.73 Å². The number of amides is 1. The standard InChI is InChI=1S/C10H18N2O/c1-12-6-2-5-10(12,9(11)13)7-8-3-4-8/h8H,2-7H2,1H3,(H2,11,13)/t10-/m0/s1. The maximum atomic E-state index is 11.5. The molecule has 0 spiro atoms. The van der Waals surface area contributed by atoms with E-state index in [2.05, 4.69) is 4.90 Å². The minimum Gasteiger partial charge on any atom is -0.368 e. The summed E-state index contributed by atoms with van der Waals surface area (Å²) in [5.41, 5.74) is 5.23. The molecular formula is C10H18N2O. The summed E-state index contributed by atoms with van der Waals surface area (Å²) in [4.78, 5) is 13.6. The highest BCUT2D eigenvalue weighted by Crippen LogP contribution is 2.42. The van der Waals surface area contributed by atoms with Crippen molar-refractivity contribution >= 4 is 5.91 Å². The molecule has 2 rings (SSSR count). The lowest BCUT2D eigenvalue weighted by molar-refractivity contribution is -0.128. The van der Waals surface area contributed by atoms with Crippen molar-refractivity contribution in [3.05, 3.63) is 0 Å². The predicted octanol–water partition coefficient (Wildman–Crippen LogP) is 0.736. The Labute approximate surface area is 79.3 Å². The molecule has 2 fully saturated rings. The molecule has 0 radical (unpaired) electrons. The lowest BCUT2D eigenvalue weighted by Gasteiger charge is -2.33. The lowest BCUT2D eigenvalue weighted by atomic mass is 9.89. The Bertz CT molecular complexity index is 225. The molecule has 1 amide bonds. The van der Waals surface area contributed by atoms with Crippen LogP contribution in [0, 0.1) is 5.92 Å². The third-order valence-corrected chi connectivity index (χ3v) is 3.60. The fourth-order valence-electron chi connectivity index (χ4n) is 2.48. The molecule has 0 unspecified atom stereocenters. The van der Waals surface area contributed by atoms with Gasteiger partial charge in [-0.15, -0.1) is 0 Å². The molecule has 2 N–H and O–H groups in total. The van der Waals surface area contributed by atoms with Crippen LogP contribution in [0.4, 0.5) is 0 Å². The fourth-order valence-corrected chi connectivity index (χ4v) is 2.48. The molecule has 0 aromatic rings. The van der Waals surface area contributed by atoms with Gasteiger partial charge in [-0.2, -0.15) is 0 Å². The Morgan fingerprint density at radius 3 is 2.69 bits per heavy atom. The number of carbonyl (C=O) groups excluding carboxylic acids is 1. The molecule has 3 heteroatoms. The second kappa shape index (κ2) is 2.98. The van der Waals surface area contributed by atoms with Gasteiger partial charge in [0.05, 0.1) is 0 Å². The molecule has 0 bridgehead atoms. The summed E-state index contributed by atoms with van der Waals surface area (Å²) in [6.07, 6.45) is 5.67. The summed E-state index contributed by atoms with van der Waals surface area (Å²) in [6, 6.07) is 0. The first-order valence-corrected chi connectivity index (χ1v) is 5.16. The van der Waals surface area contributed by atoms with Gasteiger partial charge >= 0.3 is 0 Å². The summed E-state index contributed by atoms with van der Waals surface area (Å²) in [7, 11) is 2.03. The van der Waals surface area contributed by atoms with Crippen molar-refractivity contribution in [2.45, 2.75) is 37.6 Å². The molecule has 1 aliphatic heterocycles. The van der Waals surface area contributed by atoms with Crippen LogP contribution in [0.3, 0.4) is 0 Å². The van der Waals surface area contributed by atoms with Crippen molar-refractivity contribution in [2.24, 2.45) is 11.7 Å². The summed E-state index contributed by atoms with van der Waals surface area (Å²) < 4.78 is 0. The van der Waals surface area contributed by atoms with Crippen LogP contribution >= 0.6 is 0 Å². The first-order chi connectivity index (χ1) is 6.15. The monoisotopic (exact) mass is 182 g/mol. The fraction of sp³-hybridized carbons (Fsp3) is 0.900. The molecular weight excluding hydrogens is 164 g/mol. The SMILES string of the molecule is CN1CCC[C@]1(CC1CC1)C(N)=O. The molecule has 0 aromatic heterocycles. The lowest BCUT2D eigenvalue weighted by Crippen LogP contribution is -2.52. The smallest absolute Gasteiger partial charge is 0.237 e. The molecule has 13 heavy (non-hydrogen) atoms. The molecule has 1 atom stereocenters. The number of carbonyl (C=O) groups is 1.